The van der Waals surface area contributed by atoms with E-state index in [1.807, 2.05) is 50.2 Å². The van der Waals surface area contributed by atoms with Crippen LogP contribution in [0.3, 0.4) is 0 Å². The number of hydrogen-bond acceptors (Lipinski definition) is 3. The predicted octanol–water partition coefficient (Wildman–Crippen LogP) is 5.01. The van der Waals surface area contributed by atoms with E-state index >= 15 is 0 Å². The second kappa shape index (κ2) is 8.88. The van der Waals surface area contributed by atoms with Gasteiger partial charge in [0.15, 0.2) is 0 Å². The molecule has 31 heavy (non-hydrogen) atoms. The number of rotatable bonds is 5. The number of carbonyl (C=O) groups excluding carboxylic acids is 2. The zero-order valence-electron chi connectivity index (χ0n) is 18.5. The molecule has 2 aromatic rings. The molecule has 2 amide bonds. The number of aryl methyl sites for hydroxylation is 2. The summed E-state index contributed by atoms with van der Waals surface area (Å²) in [4.78, 5) is 30.7. The Morgan fingerprint density at radius 3 is 2.45 bits per heavy atom. The highest BCUT2D eigenvalue weighted by Crippen LogP contribution is 2.35. The van der Waals surface area contributed by atoms with Gasteiger partial charge in [-0.15, -0.1) is 0 Å². The van der Waals surface area contributed by atoms with Crippen LogP contribution in [-0.4, -0.2) is 41.2 Å². The first-order chi connectivity index (χ1) is 14.8. The zero-order chi connectivity index (χ0) is 22.1. The molecular weight excluding hydrogens is 408 g/mol. The summed E-state index contributed by atoms with van der Waals surface area (Å²) in [5.41, 5.74) is 5.24. The lowest BCUT2D eigenvalue weighted by Crippen LogP contribution is -2.39. The Bertz CT molecular complexity index is 1040. The Hall–Kier alpha value is -2.59. The first-order valence-electron chi connectivity index (χ1n) is 11.0. The van der Waals surface area contributed by atoms with Crippen LogP contribution in [0.25, 0.3) is 5.57 Å². The lowest BCUT2D eigenvalue weighted by molar-refractivity contribution is -0.137. The van der Waals surface area contributed by atoms with Crippen LogP contribution in [0.15, 0.2) is 48.2 Å². The van der Waals surface area contributed by atoms with Crippen LogP contribution >= 0.6 is 11.6 Å². The maximum atomic E-state index is 13.6. The maximum Gasteiger partial charge on any atom is 0.277 e. The minimum Gasteiger partial charge on any atom is -0.366 e. The summed E-state index contributed by atoms with van der Waals surface area (Å²) >= 11 is 5.98. The molecule has 5 heteroatoms. The van der Waals surface area contributed by atoms with E-state index in [4.69, 9.17) is 11.6 Å². The van der Waals surface area contributed by atoms with Gasteiger partial charge in [-0.25, -0.2) is 0 Å². The third-order valence-electron chi connectivity index (χ3n) is 6.31. The Morgan fingerprint density at radius 1 is 1.03 bits per heavy atom. The summed E-state index contributed by atoms with van der Waals surface area (Å²) in [5.74, 6) is 0.162. The molecule has 2 aliphatic rings. The van der Waals surface area contributed by atoms with Gasteiger partial charge in [-0.1, -0.05) is 54.4 Å². The van der Waals surface area contributed by atoms with Crippen molar-refractivity contribution in [3.8, 4) is 0 Å². The van der Waals surface area contributed by atoms with Crippen molar-refractivity contribution in [3.63, 3.8) is 0 Å². The monoisotopic (exact) mass is 436 g/mol. The minimum absolute atomic E-state index is 0.164. The number of piperidine rings is 1. The van der Waals surface area contributed by atoms with E-state index < -0.39 is 0 Å². The van der Waals surface area contributed by atoms with Crippen molar-refractivity contribution in [3.05, 3.63) is 75.4 Å². The lowest BCUT2D eigenvalue weighted by Gasteiger charge is -2.33. The van der Waals surface area contributed by atoms with Gasteiger partial charge in [0.05, 0.1) is 5.57 Å². The normalized spacial score (nSPS) is 19.5. The number of hydrogen-bond donors (Lipinski definition) is 0. The highest BCUT2D eigenvalue weighted by molar-refractivity contribution is 6.35. The molecule has 0 bridgehead atoms. The second-order valence-electron chi connectivity index (χ2n) is 8.87. The van der Waals surface area contributed by atoms with Crippen molar-refractivity contribution >= 4 is 29.0 Å². The molecule has 1 fully saturated rings. The van der Waals surface area contributed by atoms with Crippen molar-refractivity contribution in [1.29, 1.82) is 0 Å². The molecular formula is C26H29ClN2O2. The molecule has 1 atom stereocenters. The fraction of sp³-hybridized carbons (Fsp3) is 0.385. The molecule has 2 aliphatic heterocycles. The van der Waals surface area contributed by atoms with Gasteiger partial charge in [0.25, 0.3) is 11.8 Å². The number of likely N-dealkylation sites (tertiary alicyclic amines) is 1. The molecule has 0 spiro atoms. The molecule has 2 aromatic carbocycles. The zero-order valence-corrected chi connectivity index (χ0v) is 19.2. The number of halogens is 1. The SMILES string of the molecule is Cc1ccc(C2=C(N3CCCC(C)C3)C(=O)N(CCc3ccc(Cl)cc3)C2=O)c(C)c1. The standard InChI is InChI=1S/C26H29ClN2O2/c1-17-6-11-22(19(3)15-17)23-24(28-13-4-5-18(2)16-28)26(31)29(25(23)30)14-12-20-7-9-21(27)10-8-20/h6-11,15,18H,4-5,12-14,16H2,1-3H3. The fourth-order valence-electron chi connectivity index (χ4n) is 4.68. The van der Waals surface area contributed by atoms with Gasteiger partial charge >= 0.3 is 0 Å². The highest BCUT2D eigenvalue weighted by Gasteiger charge is 2.42. The van der Waals surface area contributed by atoms with E-state index in [-0.39, 0.29) is 11.8 Å². The molecule has 0 aromatic heterocycles. The molecule has 1 unspecified atom stereocenters. The van der Waals surface area contributed by atoms with Gasteiger partial charge in [0.1, 0.15) is 5.70 Å². The van der Waals surface area contributed by atoms with Gasteiger partial charge in [-0.2, -0.15) is 0 Å². The Kier molecular flexibility index (Phi) is 6.19. The number of carbonyl (C=O) groups is 2. The van der Waals surface area contributed by atoms with E-state index in [1.165, 1.54) is 4.90 Å². The van der Waals surface area contributed by atoms with E-state index in [1.54, 1.807) is 0 Å². The van der Waals surface area contributed by atoms with E-state index in [0.29, 0.717) is 35.2 Å². The Balaban J connectivity index is 1.68. The van der Waals surface area contributed by atoms with Crippen LogP contribution in [-0.2, 0) is 16.0 Å². The van der Waals surface area contributed by atoms with Crippen molar-refractivity contribution in [2.45, 2.75) is 40.0 Å². The number of imide groups is 1. The Labute approximate surface area is 189 Å². The average molecular weight is 437 g/mol. The summed E-state index contributed by atoms with van der Waals surface area (Å²) in [6, 6.07) is 13.6. The van der Waals surface area contributed by atoms with Crippen LogP contribution < -0.4 is 0 Å². The van der Waals surface area contributed by atoms with Crippen LogP contribution in [0, 0.1) is 19.8 Å². The van der Waals surface area contributed by atoms with Crippen LogP contribution in [0.5, 0.6) is 0 Å². The number of benzene rings is 2. The summed E-state index contributed by atoms with van der Waals surface area (Å²) in [5, 5.41) is 0.678. The molecule has 4 rings (SSSR count). The van der Waals surface area contributed by atoms with Crippen molar-refractivity contribution in [1.82, 2.24) is 9.80 Å². The van der Waals surface area contributed by atoms with Crippen LogP contribution in [0.4, 0.5) is 0 Å². The molecule has 2 heterocycles. The van der Waals surface area contributed by atoms with Gasteiger partial charge in [0.2, 0.25) is 0 Å². The molecule has 0 aliphatic carbocycles. The largest absolute Gasteiger partial charge is 0.366 e. The van der Waals surface area contributed by atoms with Gasteiger partial charge in [0, 0.05) is 24.7 Å². The second-order valence-corrected chi connectivity index (χ2v) is 9.31. The summed E-state index contributed by atoms with van der Waals surface area (Å²) < 4.78 is 0. The van der Waals surface area contributed by atoms with E-state index in [9.17, 15) is 9.59 Å². The van der Waals surface area contributed by atoms with Crippen LogP contribution in [0.2, 0.25) is 5.02 Å². The van der Waals surface area contributed by atoms with Gasteiger partial charge < -0.3 is 4.90 Å². The quantitative estimate of drug-likeness (QED) is 0.618. The third kappa shape index (κ3) is 4.40. The van der Waals surface area contributed by atoms with Crippen LogP contribution in [0.1, 0.15) is 42.0 Å². The molecule has 0 saturated carbocycles. The molecule has 162 valence electrons. The number of nitrogens with zero attached hydrogens (tertiary/aromatic N) is 2. The van der Waals surface area contributed by atoms with E-state index in [0.717, 1.165) is 48.2 Å². The summed E-state index contributed by atoms with van der Waals surface area (Å²) in [7, 11) is 0. The molecule has 1 saturated heterocycles. The lowest BCUT2D eigenvalue weighted by atomic mass is 9.95. The van der Waals surface area contributed by atoms with Crippen molar-refractivity contribution < 1.29 is 9.59 Å². The van der Waals surface area contributed by atoms with Gasteiger partial charge in [-0.05, 0) is 67.9 Å². The smallest absolute Gasteiger partial charge is 0.277 e. The summed E-state index contributed by atoms with van der Waals surface area (Å²) in [6.45, 7) is 8.26. The predicted molar refractivity (Wildman–Crippen MR) is 125 cm³/mol. The first-order valence-corrected chi connectivity index (χ1v) is 11.4. The average Bonchev–Trinajstić information content (AvgIpc) is 2.97. The molecule has 0 N–H and O–H groups in total. The van der Waals surface area contributed by atoms with Crippen molar-refractivity contribution in [2.24, 2.45) is 5.92 Å². The minimum atomic E-state index is -0.181. The summed E-state index contributed by atoms with van der Waals surface area (Å²) in [6.07, 6.45) is 2.81. The molecule has 4 nitrogen and oxygen atoms in total. The highest BCUT2D eigenvalue weighted by atomic mass is 35.5. The topological polar surface area (TPSA) is 40.6 Å². The molecule has 0 radical (unpaired) electrons. The van der Waals surface area contributed by atoms with E-state index in [2.05, 4.69) is 17.9 Å². The Morgan fingerprint density at radius 2 is 1.77 bits per heavy atom. The fourth-order valence-corrected chi connectivity index (χ4v) is 4.81. The number of amides is 2. The van der Waals surface area contributed by atoms with Crippen molar-refractivity contribution in [2.75, 3.05) is 19.6 Å². The maximum absolute atomic E-state index is 13.6. The van der Waals surface area contributed by atoms with Gasteiger partial charge in [-0.3, -0.25) is 14.5 Å². The third-order valence-corrected chi connectivity index (χ3v) is 6.56. The first kappa shape index (κ1) is 21.6.